The number of carbonyl (C=O) groups is 1. The van der Waals surface area contributed by atoms with E-state index in [0.717, 1.165) is 11.1 Å². The topological polar surface area (TPSA) is 42.0 Å². The minimum Gasteiger partial charge on any atom is -0.345 e. The lowest BCUT2D eigenvalue weighted by atomic mass is 10.0. The molecule has 21 heavy (non-hydrogen) atoms. The Hall–Kier alpha value is -1.52. The van der Waals surface area contributed by atoms with Gasteiger partial charge in [-0.25, -0.2) is 4.98 Å². The van der Waals surface area contributed by atoms with Crippen LogP contribution >= 0.6 is 23.4 Å². The van der Waals surface area contributed by atoms with Crippen molar-refractivity contribution in [1.82, 2.24) is 10.3 Å². The van der Waals surface area contributed by atoms with Crippen molar-refractivity contribution in [2.24, 2.45) is 0 Å². The Morgan fingerprint density at radius 3 is 2.67 bits per heavy atom. The summed E-state index contributed by atoms with van der Waals surface area (Å²) in [5, 5.41) is 4.04. The molecule has 1 aromatic heterocycles. The van der Waals surface area contributed by atoms with Gasteiger partial charge in [0.1, 0.15) is 10.2 Å². The molecular formula is C16H17ClN2OS. The van der Waals surface area contributed by atoms with Crippen LogP contribution in [-0.2, 0) is 0 Å². The van der Waals surface area contributed by atoms with Crippen LogP contribution in [0.5, 0.6) is 0 Å². The lowest BCUT2D eigenvalue weighted by molar-refractivity contribution is 0.0936. The van der Waals surface area contributed by atoms with Gasteiger partial charge in [0.2, 0.25) is 0 Å². The summed E-state index contributed by atoms with van der Waals surface area (Å²) in [5.74, 6) is -0.140. The van der Waals surface area contributed by atoms with Crippen molar-refractivity contribution < 1.29 is 4.79 Å². The first kappa shape index (κ1) is 15.9. The second kappa shape index (κ2) is 6.96. The van der Waals surface area contributed by atoms with Gasteiger partial charge in [0.05, 0.1) is 11.6 Å². The van der Waals surface area contributed by atoms with Crippen LogP contribution in [0.2, 0.25) is 5.15 Å². The van der Waals surface area contributed by atoms with Crippen LogP contribution in [0.3, 0.4) is 0 Å². The van der Waals surface area contributed by atoms with E-state index in [1.54, 1.807) is 12.1 Å². The second-order valence-electron chi connectivity index (χ2n) is 4.74. The van der Waals surface area contributed by atoms with Gasteiger partial charge in [-0.3, -0.25) is 4.79 Å². The van der Waals surface area contributed by atoms with Crippen molar-refractivity contribution in [3.8, 4) is 0 Å². The molecule has 0 bridgehead atoms. The quantitative estimate of drug-likeness (QED) is 0.676. The third kappa shape index (κ3) is 3.77. The maximum Gasteiger partial charge on any atom is 0.254 e. The van der Waals surface area contributed by atoms with Crippen molar-refractivity contribution in [3.05, 3.63) is 58.2 Å². The molecule has 0 aliphatic heterocycles. The molecule has 1 atom stereocenters. The first-order chi connectivity index (χ1) is 10.0. The number of amides is 1. The standard InChI is InChI=1S/C16H17ClN2OS/c1-10-6-4-5-7-12(10)11(2)18-15(20)13-8-9-14(17)19-16(13)21-3/h4-9,11H,1-3H3,(H,18,20). The Balaban J connectivity index is 2.20. The number of carbonyl (C=O) groups excluding carboxylic acids is 1. The van der Waals surface area contributed by atoms with Crippen LogP contribution in [0.4, 0.5) is 0 Å². The number of halogens is 1. The van der Waals surface area contributed by atoms with Crippen LogP contribution in [0.25, 0.3) is 0 Å². The van der Waals surface area contributed by atoms with E-state index in [-0.39, 0.29) is 11.9 Å². The zero-order valence-electron chi connectivity index (χ0n) is 12.2. The smallest absolute Gasteiger partial charge is 0.254 e. The molecule has 0 fully saturated rings. The van der Waals surface area contributed by atoms with Gasteiger partial charge >= 0.3 is 0 Å². The molecule has 0 saturated carbocycles. The average molecular weight is 321 g/mol. The minimum atomic E-state index is -0.140. The molecule has 2 aromatic rings. The number of nitrogens with zero attached hydrogens (tertiary/aromatic N) is 1. The average Bonchev–Trinajstić information content (AvgIpc) is 2.47. The van der Waals surface area contributed by atoms with E-state index in [1.807, 2.05) is 44.4 Å². The van der Waals surface area contributed by atoms with Gasteiger partial charge in [-0.1, -0.05) is 35.9 Å². The maximum atomic E-state index is 12.4. The van der Waals surface area contributed by atoms with Gasteiger partial charge in [0, 0.05) is 0 Å². The number of aromatic nitrogens is 1. The number of thioether (sulfide) groups is 1. The van der Waals surface area contributed by atoms with E-state index >= 15 is 0 Å². The lowest BCUT2D eigenvalue weighted by Gasteiger charge is -2.17. The summed E-state index contributed by atoms with van der Waals surface area (Å²) in [5.41, 5.74) is 2.82. The highest BCUT2D eigenvalue weighted by Crippen LogP contribution is 2.22. The molecule has 1 amide bonds. The largest absolute Gasteiger partial charge is 0.345 e. The van der Waals surface area contributed by atoms with Crippen molar-refractivity contribution >= 4 is 29.3 Å². The Kier molecular flexibility index (Phi) is 5.26. The molecule has 0 aliphatic carbocycles. The predicted molar refractivity (Wildman–Crippen MR) is 88.1 cm³/mol. The minimum absolute atomic E-state index is 0.0657. The summed E-state index contributed by atoms with van der Waals surface area (Å²) in [6.07, 6.45) is 1.88. The van der Waals surface area contributed by atoms with Crippen LogP contribution in [-0.4, -0.2) is 17.1 Å². The third-order valence-corrected chi connectivity index (χ3v) is 4.18. The second-order valence-corrected chi connectivity index (χ2v) is 5.92. The fourth-order valence-electron chi connectivity index (χ4n) is 2.17. The molecule has 1 N–H and O–H groups in total. The highest BCUT2D eigenvalue weighted by molar-refractivity contribution is 7.98. The summed E-state index contributed by atoms with van der Waals surface area (Å²) in [6, 6.07) is 11.3. The number of pyridine rings is 1. The Bertz CT molecular complexity index is 660. The van der Waals surface area contributed by atoms with E-state index in [2.05, 4.69) is 10.3 Å². The summed E-state index contributed by atoms with van der Waals surface area (Å²) >= 11 is 7.27. The molecule has 0 saturated heterocycles. The van der Waals surface area contributed by atoms with E-state index in [9.17, 15) is 4.79 Å². The first-order valence-electron chi connectivity index (χ1n) is 6.60. The van der Waals surface area contributed by atoms with E-state index < -0.39 is 0 Å². The van der Waals surface area contributed by atoms with Gasteiger partial charge < -0.3 is 5.32 Å². The van der Waals surface area contributed by atoms with E-state index in [0.29, 0.717) is 15.7 Å². The molecule has 3 nitrogen and oxygen atoms in total. The molecule has 1 unspecified atom stereocenters. The summed E-state index contributed by atoms with van der Waals surface area (Å²) in [6.45, 7) is 4.01. The highest BCUT2D eigenvalue weighted by Gasteiger charge is 2.16. The summed E-state index contributed by atoms with van der Waals surface area (Å²) in [4.78, 5) is 16.6. The van der Waals surface area contributed by atoms with Crippen molar-refractivity contribution in [2.75, 3.05) is 6.26 Å². The van der Waals surface area contributed by atoms with Crippen molar-refractivity contribution in [3.63, 3.8) is 0 Å². The van der Waals surface area contributed by atoms with Crippen LogP contribution < -0.4 is 5.32 Å². The van der Waals surface area contributed by atoms with Crippen LogP contribution in [0.15, 0.2) is 41.4 Å². The molecule has 0 aliphatic rings. The zero-order chi connectivity index (χ0) is 15.4. The predicted octanol–water partition coefficient (Wildman–Crippen LogP) is 4.26. The van der Waals surface area contributed by atoms with E-state index in [1.165, 1.54) is 11.8 Å². The Morgan fingerprint density at radius 1 is 1.29 bits per heavy atom. The fraction of sp³-hybridized carbons (Fsp3) is 0.250. The third-order valence-electron chi connectivity index (χ3n) is 3.27. The molecule has 1 aromatic carbocycles. The summed E-state index contributed by atoms with van der Waals surface area (Å²) < 4.78 is 0. The fourth-order valence-corrected chi connectivity index (χ4v) is 2.94. The SMILES string of the molecule is CSc1nc(Cl)ccc1C(=O)NC(C)c1ccccc1C. The lowest BCUT2D eigenvalue weighted by Crippen LogP contribution is -2.27. The molecular weight excluding hydrogens is 304 g/mol. The number of benzene rings is 1. The maximum absolute atomic E-state index is 12.4. The van der Waals surface area contributed by atoms with Crippen LogP contribution in [0.1, 0.15) is 34.5 Å². The molecule has 1 heterocycles. The van der Waals surface area contributed by atoms with Gasteiger partial charge in [-0.15, -0.1) is 11.8 Å². The first-order valence-corrected chi connectivity index (χ1v) is 8.20. The number of hydrogen-bond donors (Lipinski definition) is 1. The molecule has 110 valence electrons. The van der Waals surface area contributed by atoms with Crippen molar-refractivity contribution in [2.45, 2.75) is 24.9 Å². The normalized spacial score (nSPS) is 12.0. The van der Waals surface area contributed by atoms with Crippen LogP contribution in [0, 0.1) is 6.92 Å². The Labute approximate surface area is 134 Å². The van der Waals surface area contributed by atoms with E-state index in [4.69, 9.17) is 11.6 Å². The van der Waals surface area contributed by atoms with Gasteiger partial charge in [0.25, 0.3) is 5.91 Å². The Morgan fingerprint density at radius 2 is 2.00 bits per heavy atom. The van der Waals surface area contributed by atoms with Gasteiger partial charge in [-0.2, -0.15) is 0 Å². The molecule has 0 radical (unpaired) electrons. The molecule has 5 heteroatoms. The molecule has 2 rings (SSSR count). The summed E-state index contributed by atoms with van der Waals surface area (Å²) in [7, 11) is 0. The van der Waals surface area contributed by atoms with Crippen molar-refractivity contribution in [1.29, 1.82) is 0 Å². The number of rotatable bonds is 4. The van der Waals surface area contributed by atoms with Gasteiger partial charge in [0.15, 0.2) is 0 Å². The number of nitrogens with one attached hydrogen (secondary N) is 1. The zero-order valence-corrected chi connectivity index (χ0v) is 13.8. The number of hydrogen-bond acceptors (Lipinski definition) is 3. The highest BCUT2D eigenvalue weighted by atomic mass is 35.5. The monoisotopic (exact) mass is 320 g/mol. The number of aryl methyl sites for hydroxylation is 1. The molecule has 0 spiro atoms. The van der Waals surface area contributed by atoms with Gasteiger partial charge in [-0.05, 0) is 43.4 Å².